The van der Waals surface area contributed by atoms with Crippen LogP contribution in [0, 0.1) is 0 Å². The van der Waals surface area contributed by atoms with Gasteiger partial charge < -0.3 is 10.6 Å². The Morgan fingerprint density at radius 1 is 1.19 bits per heavy atom. The molecule has 2 rings (SSSR count). The molecule has 0 unspecified atom stereocenters. The van der Waals surface area contributed by atoms with Crippen molar-refractivity contribution >= 4 is 58.0 Å². The van der Waals surface area contributed by atoms with Crippen molar-refractivity contribution in [3.05, 3.63) is 57.2 Å². The summed E-state index contributed by atoms with van der Waals surface area (Å²) in [6.07, 6.45) is 2.35. The zero-order valence-electron chi connectivity index (χ0n) is 10.9. The third-order valence-corrected chi connectivity index (χ3v) is 3.96. The van der Waals surface area contributed by atoms with Crippen LogP contribution >= 0.6 is 47.0 Å². The molecule has 0 saturated heterocycles. The zero-order chi connectivity index (χ0) is 15.2. The van der Waals surface area contributed by atoms with Gasteiger partial charge in [-0.1, -0.05) is 40.9 Å². The summed E-state index contributed by atoms with van der Waals surface area (Å²) in [5.41, 5.74) is 0.877. The highest BCUT2D eigenvalue weighted by molar-refractivity contribution is 7.80. The van der Waals surface area contributed by atoms with Crippen LogP contribution in [0.3, 0.4) is 0 Å². The molecule has 7 heteroatoms. The monoisotopic (exact) mass is 359 g/mol. The zero-order valence-corrected chi connectivity index (χ0v) is 14.0. The highest BCUT2D eigenvalue weighted by Gasteiger charge is 2.07. The van der Waals surface area contributed by atoms with Gasteiger partial charge in [0.15, 0.2) is 5.11 Å². The second kappa shape index (κ2) is 7.80. The van der Waals surface area contributed by atoms with E-state index < -0.39 is 0 Å². The number of anilines is 1. The lowest BCUT2D eigenvalue weighted by atomic mass is 10.1. The van der Waals surface area contributed by atoms with Gasteiger partial charge in [0.1, 0.15) is 5.82 Å². The molecule has 0 bridgehead atoms. The number of halogens is 3. The molecule has 0 radical (unpaired) electrons. The standard InChI is InChI=1S/C14H12Cl3N3S/c15-10-7-9(13(17)11(16)8-10)4-6-19-14(21)20-12-3-1-2-5-18-12/h1-3,5,7-8H,4,6H2,(H2,18,19,20,21). The van der Waals surface area contributed by atoms with Gasteiger partial charge in [-0.3, -0.25) is 0 Å². The number of nitrogens with zero attached hydrogens (tertiary/aromatic N) is 1. The number of benzene rings is 1. The Morgan fingerprint density at radius 3 is 2.71 bits per heavy atom. The van der Waals surface area contributed by atoms with E-state index in [1.807, 2.05) is 18.2 Å². The normalized spacial score (nSPS) is 10.2. The predicted molar refractivity (Wildman–Crippen MR) is 93.6 cm³/mol. The van der Waals surface area contributed by atoms with Crippen LogP contribution < -0.4 is 10.6 Å². The molecule has 3 nitrogen and oxygen atoms in total. The Kier molecular flexibility index (Phi) is 6.06. The Bertz CT molecular complexity index is 635. The minimum Gasteiger partial charge on any atom is -0.362 e. The predicted octanol–water partition coefficient (Wildman–Crippen LogP) is 4.57. The number of nitrogens with one attached hydrogen (secondary N) is 2. The first kappa shape index (κ1) is 16.3. The van der Waals surface area contributed by atoms with Crippen molar-refractivity contribution in [2.45, 2.75) is 6.42 Å². The quantitative estimate of drug-likeness (QED) is 0.618. The van der Waals surface area contributed by atoms with Crippen molar-refractivity contribution in [3.63, 3.8) is 0 Å². The molecular formula is C14H12Cl3N3S. The van der Waals surface area contributed by atoms with Crippen LogP contribution in [-0.4, -0.2) is 16.6 Å². The van der Waals surface area contributed by atoms with Crippen LogP contribution in [0.15, 0.2) is 36.5 Å². The van der Waals surface area contributed by atoms with Crippen LogP contribution in [0.1, 0.15) is 5.56 Å². The second-order valence-electron chi connectivity index (χ2n) is 4.21. The molecule has 0 aliphatic heterocycles. The van der Waals surface area contributed by atoms with Gasteiger partial charge in [0, 0.05) is 17.8 Å². The molecular weight excluding hydrogens is 349 g/mol. The van der Waals surface area contributed by atoms with Crippen LogP contribution in [0.25, 0.3) is 0 Å². The summed E-state index contributed by atoms with van der Waals surface area (Å²) in [5, 5.41) is 8.10. The first-order chi connectivity index (χ1) is 10.1. The minimum atomic E-state index is 0.452. The van der Waals surface area contributed by atoms with Gasteiger partial charge in [-0.2, -0.15) is 0 Å². The van der Waals surface area contributed by atoms with Crippen molar-refractivity contribution in [3.8, 4) is 0 Å². The lowest BCUT2D eigenvalue weighted by Crippen LogP contribution is -2.30. The molecule has 2 N–H and O–H groups in total. The van der Waals surface area contributed by atoms with E-state index in [0.717, 1.165) is 5.56 Å². The fourth-order valence-electron chi connectivity index (χ4n) is 1.70. The number of thiocarbonyl (C=S) groups is 1. The van der Waals surface area contributed by atoms with Gasteiger partial charge in [-0.05, 0) is 48.5 Å². The Balaban J connectivity index is 1.86. The van der Waals surface area contributed by atoms with E-state index in [1.54, 1.807) is 18.3 Å². The molecule has 0 saturated carbocycles. The van der Waals surface area contributed by atoms with Gasteiger partial charge >= 0.3 is 0 Å². The number of rotatable bonds is 4. The highest BCUT2D eigenvalue weighted by Crippen LogP contribution is 2.29. The molecule has 0 atom stereocenters. The number of hydrogen-bond donors (Lipinski definition) is 2. The summed E-state index contributed by atoms with van der Waals surface area (Å²) in [4.78, 5) is 4.13. The maximum Gasteiger partial charge on any atom is 0.171 e. The lowest BCUT2D eigenvalue weighted by molar-refractivity contribution is 0.873. The maximum atomic E-state index is 6.13. The molecule has 21 heavy (non-hydrogen) atoms. The summed E-state index contributed by atoms with van der Waals surface area (Å²) in [6.45, 7) is 0.606. The maximum absolute atomic E-state index is 6.13. The molecule has 0 spiro atoms. The van der Waals surface area contributed by atoms with E-state index in [0.29, 0.717) is 39.0 Å². The second-order valence-corrected chi connectivity index (χ2v) is 5.84. The van der Waals surface area contributed by atoms with Gasteiger partial charge in [0.05, 0.1) is 10.0 Å². The molecule has 0 amide bonds. The van der Waals surface area contributed by atoms with Crippen molar-refractivity contribution in [1.82, 2.24) is 10.3 Å². The summed E-state index contributed by atoms with van der Waals surface area (Å²) in [5.74, 6) is 0.693. The van der Waals surface area contributed by atoms with Crippen molar-refractivity contribution in [2.75, 3.05) is 11.9 Å². The summed E-state index contributed by atoms with van der Waals surface area (Å²) < 4.78 is 0. The Hall–Kier alpha value is -1.07. The average Bonchev–Trinajstić information content (AvgIpc) is 2.45. The van der Waals surface area contributed by atoms with Crippen molar-refractivity contribution < 1.29 is 0 Å². The van der Waals surface area contributed by atoms with Crippen LogP contribution in [0.4, 0.5) is 5.82 Å². The first-order valence-corrected chi connectivity index (χ1v) is 7.70. The van der Waals surface area contributed by atoms with Crippen molar-refractivity contribution in [2.24, 2.45) is 0 Å². The number of hydrogen-bond acceptors (Lipinski definition) is 2. The van der Waals surface area contributed by atoms with Crippen LogP contribution in [0.2, 0.25) is 15.1 Å². The van der Waals surface area contributed by atoms with Crippen LogP contribution in [0.5, 0.6) is 0 Å². The summed E-state index contributed by atoms with van der Waals surface area (Å²) in [6, 6.07) is 8.97. The fourth-order valence-corrected chi connectivity index (χ4v) is 2.64. The van der Waals surface area contributed by atoms with Gasteiger partial charge in [-0.25, -0.2) is 4.98 Å². The smallest absolute Gasteiger partial charge is 0.171 e. The molecule has 0 fully saturated rings. The van der Waals surface area contributed by atoms with Gasteiger partial charge in [-0.15, -0.1) is 0 Å². The van der Waals surface area contributed by atoms with Crippen LogP contribution in [-0.2, 0) is 6.42 Å². The average molecular weight is 361 g/mol. The molecule has 1 aromatic carbocycles. The van der Waals surface area contributed by atoms with Gasteiger partial charge in [0.2, 0.25) is 0 Å². The van der Waals surface area contributed by atoms with E-state index in [9.17, 15) is 0 Å². The molecule has 0 aliphatic rings. The van der Waals surface area contributed by atoms with E-state index in [2.05, 4.69) is 15.6 Å². The van der Waals surface area contributed by atoms with E-state index in [1.165, 1.54) is 0 Å². The topological polar surface area (TPSA) is 37.0 Å². The molecule has 1 heterocycles. The minimum absolute atomic E-state index is 0.452. The molecule has 110 valence electrons. The van der Waals surface area contributed by atoms with E-state index in [4.69, 9.17) is 47.0 Å². The molecule has 2 aromatic rings. The summed E-state index contributed by atoms with van der Waals surface area (Å²) >= 11 is 23.3. The summed E-state index contributed by atoms with van der Waals surface area (Å²) in [7, 11) is 0. The Labute approximate surface area is 143 Å². The molecule has 1 aromatic heterocycles. The number of pyridine rings is 1. The largest absolute Gasteiger partial charge is 0.362 e. The van der Waals surface area contributed by atoms with Crippen molar-refractivity contribution in [1.29, 1.82) is 0 Å². The van der Waals surface area contributed by atoms with Gasteiger partial charge in [0.25, 0.3) is 0 Å². The number of aromatic nitrogens is 1. The third kappa shape index (κ3) is 5.00. The fraction of sp³-hybridized carbons (Fsp3) is 0.143. The first-order valence-electron chi connectivity index (χ1n) is 6.15. The highest BCUT2D eigenvalue weighted by atomic mass is 35.5. The Morgan fingerprint density at radius 2 is 2.00 bits per heavy atom. The lowest BCUT2D eigenvalue weighted by Gasteiger charge is -2.11. The SMILES string of the molecule is S=C(NCCc1cc(Cl)cc(Cl)c1Cl)Nc1ccccn1. The third-order valence-electron chi connectivity index (χ3n) is 2.65. The van der Waals surface area contributed by atoms with E-state index >= 15 is 0 Å². The molecule has 0 aliphatic carbocycles. The van der Waals surface area contributed by atoms with E-state index in [-0.39, 0.29) is 0 Å².